The zero-order valence-electron chi connectivity index (χ0n) is 17.6. The molecule has 1 aromatic carbocycles. The Bertz CT molecular complexity index is 967. The van der Waals surface area contributed by atoms with Crippen molar-refractivity contribution in [3.63, 3.8) is 0 Å². The van der Waals surface area contributed by atoms with Crippen molar-refractivity contribution in [2.45, 2.75) is 58.2 Å². The van der Waals surface area contributed by atoms with Gasteiger partial charge in [-0.1, -0.05) is 13.8 Å². The summed E-state index contributed by atoms with van der Waals surface area (Å²) in [5.41, 5.74) is 2.92. The largest absolute Gasteiger partial charge is 0.493 e. The topological polar surface area (TPSA) is 91.1 Å². The van der Waals surface area contributed by atoms with Gasteiger partial charge in [0, 0.05) is 17.2 Å². The number of aryl methyl sites for hydroxylation is 1. The number of nitrogens with zero attached hydrogens (tertiary/aromatic N) is 4. The Morgan fingerprint density at radius 3 is 2.80 bits per heavy atom. The zero-order chi connectivity index (χ0) is 21.3. The average molecular weight is 406 g/mol. The van der Waals surface area contributed by atoms with E-state index in [1.54, 1.807) is 12.1 Å². The zero-order valence-corrected chi connectivity index (χ0v) is 17.6. The summed E-state index contributed by atoms with van der Waals surface area (Å²) in [4.78, 5) is 14.8. The second kappa shape index (κ2) is 8.31. The molecule has 2 fully saturated rings. The fourth-order valence-corrected chi connectivity index (χ4v) is 4.35. The van der Waals surface area contributed by atoms with Crippen LogP contribution in [0.2, 0.25) is 0 Å². The molecule has 0 aliphatic carbocycles. The quantitative estimate of drug-likeness (QED) is 0.742. The summed E-state index contributed by atoms with van der Waals surface area (Å²) in [7, 11) is 0. The first-order valence-electron chi connectivity index (χ1n) is 10.5. The van der Waals surface area contributed by atoms with Crippen molar-refractivity contribution in [3.8, 4) is 23.2 Å². The SMILES string of the molecule is Cc1ccc(-c2ccc(C(=O)N[C@@H]3C[C@@H]4CC[C@H]3N4C#N)cc2OCC(C)C)nn1. The molecule has 3 atom stereocenters. The summed E-state index contributed by atoms with van der Waals surface area (Å²) in [6, 6.07) is 9.65. The van der Waals surface area contributed by atoms with E-state index >= 15 is 0 Å². The third-order valence-electron chi connectivity index (χ3n) is 5.86. The first-order chi connectivity index (χ1) is 14.5. The minimum Gasteiger partial charge on any atom is -0.493 e. The average Bonchev–Trinajstić information content (AvgIpc) is 3.29. The highest BCUT2D eigenvalue weighted by molar-refractivity contribution is 5.95. The van der Waals surface area contributed by atoms with E-state index in [-0.39, 0.29) is 24.0 Å². The number of hydrogen-bond donors (Lipinski definition) is 1. The van der Waals surface area contributed by atoms with Gasteiger partial charge >= 0.3 is 0 Å². The summed E-state index contributed by atoms with van der Waals surface area (Å²) in [5.74, 6) is 0.841. The van der Waals surface area contributed by atoms with Crippen LogP contribution in [0.4, 0.5) is 0 Å². The van der Waals surface area contributed by atoms with Crippen LogP contribution in [0.15, 0.2) is 30.3 Å². The van der Waals surface area contributed by atoms with Crippen molar-refractivity contribution in [1.29, 1.82) is 5.26 Å². The van der Waals surface area contributed by atoms with Gasteiger partial charge in [-0.25, -0.2) is 0 Å². The van der Waals surface area contributed by atoms with E-state index in [2.05, 4.69) is 35.6 Å². The molecule has 7 nitrogen and oxygen atoms in total. The van der Waals surface area contributed by atoms with Crippen LogP contribution in [0.5, 0.6) is 5.75 Å². The first kappa shape index (κ1) is 20.1. The van der Waals surface area contributed by atoms with Crippen LogP contribution in [0.1, 0.15) is 49.2 Å². The van der Waals surface area contributed by atoms with Gasteiger partial charge in [-0.15, -0.1) is 0 Å². The van der Waals surface area contributed by atoms with Crippen LogP contribution in [-0.4, -0.2) is 45.7 Å². The summed E-state index contributed by atoms with van der Waals surface area (Å²) in [6.07, 6.45) is 5.10. The third kappa shape index (κ3) is 3.95. The standard InChI is InChI=1S/C23H27N5O2/c1-14(2)12-30-22-10-16(5-7-18(22)19-8-4-15(3)26-27-19)23(29)25-20-11-17-6-9-21(20)28(17)13-24/h4-5,7-8,10,14,17,20-21H,6,9,11-12H2,1-3H3,(H,25,29)/t17-,20+,21+/m0/s1. The second-order valence-electron chi connectivity index (χ2n) is 8.60. The molecular formula is C23H27N5O2. The van der Waals surface area contributed by atoms with E-state index in [1.807, 2.05) is 30.0 Å². The van der Waals surface area contributed by atoms with E-state index < -0.39 is 0 Å². The molecule has 2 aromatic rings. The minimum atomic E-state index is -0.138. The van der Waals surface area contributed by atoms with Crippen LogP contribution in [0.3, 0.4) is 0 Å². The number of hydrogen-bond acceptors (Lipinski definition) is 6. The Labute approximate surface area is 177 Å². The maximum Gasteiger partial charge on any atom is 0.251 e. The molecule has 0 spiro atoms. The number of benzene rings is 1. The predicted octanol–water partition coefficient (Wildman–Crippen LogP) is 3.30. The Morgan fingerprint density at radius 2 is 2.13 bits per heavy atom. The summed E-state index contributed by atoms with van der Waals surface area (Å²) >= 11 is 0. The third-order valence-corrected chi connectivity index (χ3v) is 5.86. The van der Waals surface area contributed by atoms with Gasteiger partial charge in [-0.2, -0.15) is 15.5 Å². The Kier molecular flexibility index (Phi) is 5.58. The highest BCUT2D eigenvalue weighted by Crippen LogP contribution is 2.37. The van der Waals surface area contributed by atoms with E-state index in [1.165, 1.54) is 0 Å². The number of carbonyl (C=O) groups is 1. The van der Waals surface area contributed by atoms with Gasteiger partial charge in [0.25, 0.3) is 5.91 Å². The van der Waals surface area contributed by atoms with Crippen molar-refractivity contribution in [2.24, 2.45) is 5.92 Å². The molecule has 3 heterocycles. The van der Waals surface area contributed by atoms with Gasteiger partial charge in [-0.3, -0.25) is 4.79 Å². The fraction of sp³-hybridized carbons (Fsp3) is 0.478. The molecule has 2 aliphatic heterocycles. The molecular weight excluding hydrogens is 378 g/mol. The lowest BCUT2D eigenvalue weighted by atomic mass is 9.95. The second-order valence-corrected chi connectivity index (χ2v) is 8.60. The first-order valence-corrected chi connectivity index (χ1v) is 10.5. The highest BCUT2D eigenvalue weighted by Gasteiger charge is 2.46. The molecule has 1 amide bonds. The molecule has 0 saturated carbocycles. The molecule has 1 aromatic heterocycles. The number of rotatable bonds is 6. The van der Waals surface area contributed by atoms with Gasteiger partial charge in [0.05, 0.1) is 30.1 Å². The lowest BCUT2D eigenvalue weighted by molar-refractivity contribution is 0.0928. The number of nitriles is 1. The molecule has 0 unspecified atom stereocenters. The van der Waals surface area contributed by atoms with Crippen LogP contribution >= 0.6 is 0 Å². The lowest BCUT2D eigenvalue weighted by Gasteiger charge is -2.22. The number of fused-ring (bicyclic) bond motifs is 2. The normalized spacial score (nSPS) is 22.2. The lowest BCUT2D eigenvalue weighted by Crippen LogP contribution is -2.43. The Hall–Kier alpha value is -3.14. The summed E-state index contributed by atoms with van der Waals surface area (Å²) in [5, 5.41) is 20.9. The molecule has 2 aliphatic rings. The summed E-state index contributed by atoms with van der Waals surface area (Å²) in [6.45, 7) is 6.60. The van der Waals surface area contributed by atoms with E-state index in [4.69, 9.17) is 4.74 Å². The molecule has 2 saturated heterocycles. The van der Waals surface area contributed by atoms with Crippen LogP contribution < -0.4 is 10.1 Å². The molecule has 2 bridgehead atoms. The molecule has 156 valence electrons. The number of ether oxygens (including phenoxy) is 1. The molecule has 30 heavy (non-hydrogen) atoms. The van der Waals surface area contributed by atoms with Crippen molar-refractivity contribution in [1.82, 2.24) is 20.4 Å². The van der Waals surface area contributed by atoms with E-state index in [0.717, 1.165) is 30.5 Å². The molecule has 7 heteroatoms. The summed E-state index contributed by atoms with van der Waals surface area (Å²) < 4.78 is 6.03. The highest BCUT2D eigenvalue weighted by atomic mass is 16.5. The van der Waals surface area contributed by atoms with Gasteiger partial charge in [0.1, 0.15) is 5.75 Å². The fourth-order valence-electron chi connectivity index (χ4n) is 4.35. The van der Waals surface area contributed by atoms with Gasteiger partial charge in [-0.05, 0) is 62.4 Å². The van der Waals surface area contributed by atoms with Crippen molar-refractivity contribution in [3.05, 3.63) is 41.6 Å². The smallest absolute Gasteiger partial charge is 0.251 e. The number of aromatic nitrogens is 2. The molecule has 4 rings (SSSR count). The number of amides is 1. The van der Waals surface area contributed by atoms with Gasteiger partial charge in [0.15, 0.2) is 6.19 Å². The van der Waals surface area contributed by atoms with Gasteiger partial charge < -0.3 is 15.0 Å². The van der Waals surface area contributed by atoms with Gasteiger partial charge in [0.2, 0.25) is 0 Å². The Balaban J connectivity index is 1.56. The van der Waals surface area contributed by atoms with Crippen molar-refractivity contribution >= 4 is 5.91 Å². The minimum absolute atomic E-state index is 0.0126. The number of nitrogens with one attached hydrogen (secondary N) is 1. The van der Waals surface area contributed by atoms with E-state index in [9.17, 15) is 10.1 Å². The van der Waals surface area contributed by atoms with E-state index in [0.29, 0.717) is 29.5 Å². The molecule has 0 radical (unpaired) electrons. The van der Waals surface area contributed by atoms with Crippen molar-refractivity contribution < 1.29 is 9.53 Å². The maximum atomic E-state index is 13.0. The Morgan fingerprint density at radius 1 is 1.30 bits per heavy atom. The number of carbonyl (C=O) groups excluding carboxylic acids is 1. The molecule has 1 N–H and O–H groups in total. The monoisotopic (exact) mass is 405 g/mol. The maximum absolute atomic E-state index is 13.0. The predicted molar refractivity (Wildman–Crippen MR) is 113 cm³/mol. The van der Waals surface area contributed by atoms with Crippen LogP contribution in [0, 0.1) is 24.3 Å². The van der Waals surface area contributed by atoms with Crippen LogP contribution in [-0.2, 0) is 0 Å². The van der Waals surface area contributed by atoms with Crippen molar-refractivity contribution in [2.75, 3.05) is 6.61 Å². The van der Waals surface area contributed by atoms with Crippen LogP contribution in [0.25, 0.3) is 11.3 Å².